The van der Waals surface area contributed by atoms with E-state index in [9.17, 15) is 4.79 Å². The summed E-state index contributed by atoms with van der Waals surface area (Å²) >= 11 is 0. The van der Waals surface area contributed by atoms with Crippen LogP contribution in [-0.2, 0) is 15.1 Å². The third-order valence-electron chi connectivity index (χ3n) is 2.54. The molecule has 0 aliphatic carbocycles. The maximum absolute atomic E-state index is 11.3. The summed E-state index contributed by atoms with van der Waals surface area (Å²) in [5.41, 5.74) is 6.09. The lowest BCUT2D eigenvalue weighted by molar-refractivity contribution is -0.139. The molecule has 1 aromatic rings. The van der Waals surface area contributed by atoms with E-state index in [-0.39, 0.29) is 0 Å². The van der Waals surface area contributed by atoms with Crippen molar-refractivity contribution in [2.75, 3.05) is 7.11 Å². The minimum atomic E-state index is -1.04. The SMILES string of the molecule is COC(C)(C(N)=O)c1ccccc1C. The van der Waals surface area contributed by atoms with Crippen LogP contribution in [-0.4, -0.2) is 13.0 Å². The molecule has 1 unspecified atom stereocenters. The van der Waals surface area contributed by atoms with Gasteiger partial charge >= 0.3 is 0 Å². The summed E-state index contributed by atoms with van der Waals surface area (Å²) < 4.78 is 5.19. The molecule has 1 atom stereocenters. The van der Waals surface area contributed by atoms with Gasteiger partial charge in [0.15, 0.2) is 5.60 Å². The van der Waals surface area contributed by atoms with Crippen molar-refractivity contribution in [3.05, 3.63) is 35.4 Å². The highest BCUT2D eigenvalue weighted by Crippen LogP contribution is 2.26. The number of amides is 1. The van der Waals surface area contributed by atoms with E-state index in [1.54, 1.807) is 6.92 Å². The second-order valence-electron chi connectivity index (χ2n) is 3.42. The summed E-state index contributed by atoms with van der Waals surface area (Å²) in [4.78, 5) is 11.3. The van der Waals surface area contributed by atoms with E-state index in [4.69, 9.17) is 10.5 Å². The number of ether oxygens (including phenoxy) is 1. The molecule has 14 heavy (non-hydrogen) atoms. The number of primary amides is 1. The minimum absolute atomic E-state index is 0.477. The van der Waals surface area contributed by atoms with Crippen LogP contribution in [0.4, 0.5) is 0 Å². The Morgan fingerprint density at radius 1 is 1.43 bits per heavy atom. The number of carbonyl (C=O) groups is 1. The molecule has 76 valence electrons. The number of hydrogen-bond acceptors (Lipinski definition) is 2. The smallest absolute Gasteiger partial charge is 0.254 e. The fourth-order valence-electron chi connectivity index (χ4n) is 1.45. The van der Waals surface area contributed by atoms with Gasteiger partial charge in [-0.3, -0.25) is 4.79 Å². The molecule has 1 rings (SSSR count). The van der Waals surface area contributed by atoms with Crippen molar-refractivity contribution < 1.29 is 9.53 Å². The zero-order chi connectivity index (χ0) is 10.8. The van der Waals surface area contributed by atoms with Gasteiger partial charge in [-0.05, 0) is 25.0 Å². The van der Waals surface area contributed by atoms with Gasteiger partial charge in [-0.2, -0.15) is 0 Å². The summed E-state index contributed by atoms with van der Waals surface area (Å²) in [7, 11) is 1.48. The van der Waals surface area contributed by atoms with Crippen molar-refractivity contribution in [1.82, 2.24) is 0 Å². The van der Waals surface area contributed by atoms with Gasteiger partial charge in [0.25, 0.3) is 5.91 Å². The molecular formula is C11H15NO2. The molecule has 3 heteroatoms. The van der Waals surface area contributed by atoms with Crippen molar-refractivity contribution in [1.29, 1.82) is 0 Å². The van der Waals surface area contributed by atoms with Gasteiger partial charge in [-0.25, -0.2) is 0 Å². The molecule has 0 aromatic heterocycles. The Kier molecular flexibility index (Phi) is 2.91. The van der Waals surface area contributed by atoms with Crippen LogP contribution in [0, 0.1) is 6.92 Å². The minimum Gasteiger partial charge on any atom is -0.367 e. The summed E-state index contributed by atoms with van der Waals surface area (Å²) in [6.07, 6.45) is 0. The van der Waals surface area contributed by atoms with Gasteiger partial charge in [0.05, 0.1) is 0 Å². The quantitative estimate of drug-likeness (QED) is 0.787. The number of benzene rings is 1. The van der Waals surface area contributed by atoms with Crippen molar-refractivity contribution in [2.24, 2.45) is 5.73 Å². The number of nitrogens with two attached hydrogens (primary N) is 1. The predicted molar refractivity (Wildman–Crippen MR) is 54.7 cm³/mol. The monoisotopic (exact) mass is 193 g/mol. The maximum Gasteiger partial charge on any atom is 0.254 e. The molecule has 0 radical (unpaired) electrons. The molecule has 0 spiro atoms. The van der Waals surface area contributed by atoms with Crippen LogP contribution in [0.2, 0.25) is 0 Å². The van der Waals surface area contributed by atoms with E-state index < -0.39 is 11.5 Å². The van der Waals surface area contributed by atoms with Crippen LogP contribution < -0.4 is 5.73 Å². The zero-order valence-electron chi connectivity index (χ0n) is 8.70. The standard InChI is InChI=1S/C11H15NO2/c1-8-6-4-5-7-9(8)11(2,14-3)10(12)13/h4-7H,1-3H3,(H2,12,13). The van der Waals surface area contributed by atoms with Crippen molar-refractivity contribution in [3.63, 3.8) is 0 Å². The second-order valence-corrected chi connectivity index (χ2v) is 3.42. The number of hydrogen-bond donors (Lipinski definition) is 1. The Bertz CT molecular complexity index is 349. The summed E-state index contributed by atoms with van der Waals surface area (Å²) in [6.45, 7) is 3.60. The fourth-order valence-corrected chi connectivity index (χ4v) is 1.45. The molecule has 0 saturated heterocycles. The highest BCUT2D eigenvalue weighted by Gasteiger charge is 2.33. The third-order valence-corrected chi connectivity index (χ3v) is 2.54. The number of rotatable bonds is 3. The third kappa shape index (κ3) is 1.63. The first-order valence-electron chi connectivity index (χ1n) is 4.43. The molecule has 3 nitrogen and oxygen atoms in total. The highest BCUT2D eigenvalue weighted by atomic mass is 16.5. The Labute approximate surface area is 83.9 Å². The normalized spacial score (nSPS) is 14.8. The Morgan fingerprint density at radius 2 is 2.00 bits per heavy atom. The van der Waals surface area contributed by atoms with E-state index in [1.807, 2.05) is 31.2 Å². The molecular weight excluding hydrogens is 178 g/mol. The summed E-state index contributed by atoms with van der Waals surface area (Å²) in [6, 6.07) is 7.55. The first-order valence-corrected chi connectivity index (χ1v) is 4.43. The Balaban J connectivity index is 3.26. The van der Waals surface area contributed by atoms with Gasteiger partial charge in [-0.15, -0.1) is 0 Å². The average Bonchev–Trinajstić information content (AvgIpc) is 2.17. The van der Waals surface area contributed by atoms with Crippen LogP contribution in [0.3, 0.4) is 0 Å². The first kappa shape index (κ1) is 10.7. The molecule has 2 N–H and O–H groups in total. The Hall–Kier alpha value is -1.35. The van der Waals surface area contributed by atoms with E-state index >= 15 is 0 Å². The molecule has 0 fully saturated rings. The lowest BCUT2D eigenvalue weighted by Crippen LogP contribution is -2.40. The summed E-state index contributed by atoms with van der Waals surface area (Å²) in [5, 5.41) is 0. The molecule has 0 bridgehead atoms. The summed E-state index contributed by atoms with van der Waals surface area (Å²) in [5.74, 6) is -0.477. The van der Waals surface area contributed by atoms with Gasteiger partial charge in [-0.1, -0.05) is 24.3 Å². The second kappa shape index (κ2) is 3.80. The Morgan fingerprint density at radius 3 is 2.43 bits per heavy atom. The first-order chi connectivity index (χ1) is 6.52. The number of methoxy groups -OCH3 is 1. The molecule has 0 saturated carbocycles. The van der Waals surface area contributed by atoms with Crippen molar-refractivity contribution in [3.8, 4) is 0 Å². The molecule has 1 amide bonds. The zero-order valence-corrected chi connectivity index (χ0v) is 8.70. The van der Waals surface area contributed by atoms with Gasteiger partial charge in [0.2, 0.25) is 0 Å². The molecule has 0 heterocycles. The topological polar surface area (TPSA) is 52.3 Å². The van der Waals surface area contributed by atoms with Crippen LogP contribution in [0.15, 0.2) is 24.3 Å². The predicted octanol–water partition coefficient (Wildman–Crippen LogP) is 1.34. The van der Waals surface area contributed by atoms with Crippen LogP contribution in [0.5, 0.6) is 0 Å². The lowest BCUT2D eigenvalue weighted by Gasteiger charge is -2.26. The maximum atomic E-state index is 11.3. The van der Waals surface area contributed by atoms with Crippen LogP contribution in [0.25, 0.3) is 0 Å². The van der Waals surface area contributed by atoms with Gasteiger partial charge in [0.1, 0.15) is 0 Å². The lowest BCUT2D eigenvalue weighted by atomic mass is 9.91. The van der Waals surface area contributed by atoms with E-state index in [2.05, 4.69) is 0 Å². The number of aryl methyl sites for hydroxylation is 1. The van der Waals surface area contributed by atoms with E-state index in [1.165, 1.54) is 7.11 Å². The molecule has 1 aromatic carbocycles. The fraction of sp³-hybridized carbons (Fsp3) is 0.364. The number of carbonyl (C=O) groups excluding carboxylic acids is 1. The van der Waals surface area contributed by atoms with Crippen LogP contribution >= 0.6 is 0 Å². The van der Waals surface area contributed by atoms with Crippen molar-refractivity contribution in [2.45, 2.75) is 19.4 Å². The van der Waals surface area contributed by atoms with E-state index in [0.29, 0.717) is 0 Å². The average molecular weight is 193 g/mol. The highest BCUT2D eigenvalue weighted by molar-refractivity contribution is 5.84. The van der Waals surface area contributed by atoms with E-state index in [0.717, 1.165) is 11.1 Å². The van der Waals surface area contributed by atoms with Gasteiger partial charge in [0, 0.05) is 7.11 Å². The molecule has 0 aliphatic rings. The van der Waals surface area contributed by atoms with Crippen LogP contribution in [0.1, 0.15) is 18.1 Å². The largest absolute Gasteiger partial charge is 0.367 e. The molecule has 0 aliphatic heterocycles. The van der Waals surface area contributed by atoms with Crippen molar-refractivity contribution >= 4 is 5.91 Å². The van der Waals surface area contributed by atoms with Gasteiger partial charge < -0.3 is 10.5 Å².